The molecule has 7 heteroatoms. The van der Waals surface area contributed by atoms with E-state index >= 15 is 0 Å². The molecule has 0 aliphatic carbocycles. The quantitative estimate of drug-likeness (QED) is 0.619. The number of carbonyl (C=O) groups is 2. The maximum absolute atomic E-state index is 14.5. The van der Waals surface area contributed by atoms with Crippen LogP contribution in [0.15, 0.2) is 48.5 Å². The molecule has 1 atom stereocenters. The van der Waals surface area contributed by atoms with Crippen LogP contribution in [0.2, 0.25) is 5.02 Å². The number of halogens is 2. The van der Waals surface area contributed by atoms with Gasteiger partial charge in [0.25, 0.3) is 0 Å². The molecule has 0 radical (unpaired) electrons. The van der Waals surface area contributed by atoms with Gasteiger partial charge in [-0.3, -0.25) is 4.79 Å². The summed E-state index contributed by atoms with van der Waals surface area (Å²) in [5.74, 6) is -2.55. The van der Waals surface area contributed by atoms with Gasteiger partial charge < -0.3 is 10.4 Å². The lowest BCUT2D eigenvalue weighted by Crippen LogP contribution is -2.23. The van der Waals surface area contributed by atoms with Crippen LogP contribution in [0.4, 0.5) is 10.1 Å². The van der Waals surface area contributed by atoms with E-state index in [2.05, 4.69) is 5.32 Å². The molecule has 1 aliphatic rings. The number of benzene rings is 2. The van der Waals surface area contributed by atoms with Crippen LogP contribution in [0.5, 0.6) is 0 Å². The van der Waals surface area contributed by atoms with E-state index in [0.29, 0.717) is 21.7 Å². The van der Waals surface area contributed by atoms with Crippen LogP contribution in [0.1, 0.15) is 32.5 Å². The van der Waals surface area contributed by atoms with Gasteiger partial charge in [-0.05, 0) is 17.7 Å². The third kappa shape index (κ3) is 3.01. The standard InChI is InChI=1S/C20H13ClFNO3S/c21-12-7-4-8-13(22)16(12)11-9-14(24)23-17-15(10-5-2-1-3-6-10)19(20(25)26)27-18(11)17/h1-8,11H,9H2,(H,23,24)(H,25,26)/t11-/m0/s1. The Morgan fingerprint density at radius 1 is 1.19 bits per heavy atom. The SMILES string of the molecule is O=C1C[C@@H](c2c(F)cccc2Cl)c2sc(C(=O)O)c(-c3ccccc3)c2N1. The molecule has 0 saturated heterocycles. The smallest absolute Gasteiger partial charge is 0.346 e. The number of rotatable bonds is 3. The molecule has 4 nitrogen and oxygen atoms in total. The van der Waals surface area contributed by atoms with E-state index in [9.17, 15) is 19.1 Å². The van der Waals surface area contributed by atoms with E-state index in [0.717, 1.165) is 11.3 Å². The van der Waals surface area contributed by atoms with E-state index < -0.39 is 17.7 Å². The van der Waals surface area contributed by atoms with Crippen molar-refractivity contribution in [3.8, 4) is 11.1 Å². The lowest BCUT2D eigenvalue weighted by molar-refractivity contribution is -0.116. The van der Waals surface area contributed by atoms with Gasteiger partial charge in [-0.15, -0.1) is 11.3 Å². The summed E-state index contributed by atoms with van der Waals surface area (Å²) in [6.07, 6.45) is 0.00144. The van der Waals surface area contributed by atoms with E-state index in [-0.39, 0.29) is 27.8 Å². The predicted molar refractivity (Wildman–Crippen MR) is 103 cm³/mol. The molecular formula is C20H13ClFNO3S. The van der Waals surface area contributed by atoms with Gasteiger partial charge in [-0.1, -0.05) is 48.0 Å². The molecule has 2 N–H and O–H groups in total. The number of hydrogen-bond acceptors (Lipinski definition) is 3. The molecule has 1 aliphatic heterocycles. The van der Waals surface area contributed by atoms with Crippen molar-refractivity contribution in [2.75, 3.05) is 5.32 Å². The van der Waals surface area contributed by atoms with Crippen LogP contribution in [0.3, 0.4) is 0 Å². The Morgan fingerprint density at radius 3 is 2.59 bits per heavy atom. The van der Waals surface area contributed by atoms with Crippen molar-refractivity contribution in [1.82, 2.24) is 0 Å². The second-order valence-corrected chi connectivity index (χ2v) is 7.62. The number of thiophene rings is 1. The first-order valence-electron chi connectivity index (χ1n) is 8.16. The third-order valence-corrected chi connectivity index (χ3v) is 6.13. The first-order chi connectivity index (χ1) is 13.0. The summed E-state index contributed by atoms with van der Waals surface area (Å²) in [5.41, 5.74) is 1.75. The van der Waals surface area contributed by atoms with Gasteiger partial charge in [0.05, 0.1) is 5.69 Å². The van der Waals surface area contributed by atoms with E-state index in [1.54, 1.807) is 30.3 Å². The second-order valence-electron chi connectivity index (χ2n) is 6.16. The Balaban J connectivity index is 1.99. The fourth-order valence-electron chi connectivity index (χ4n) is 3.39. The van der Waals surface area contributed by atoms with Crippen molar-refractivity contribution >= 4 is 40.5 Å². The summed E-state index contributed by atoms with van der Waals surface area (Å²) in [7, 11) is 0. The number of aromatic carboxylic acids is 1. The van der Waals surface area contributed by atoms with Crippen molar-refractivity contribution < 1.29 is 19.1 Å². The zero-order valence-corrected chi connectivity index (χ0v) is 15.4. The Bertz CT molecular complexity index is 1040. The largest absolute Gasteiger partial charge is 0.477 e. The Labute approximate surface area is 163 Å². The molecule has 3 aromatic rings. The monoisotopic (exact) mass is 401 g/mol. The predicted octanol–water partition coefficient (Wildman–Crippen LogP) is 5.38. The van der Waals surface area contributed by atoms with E-state index in [4.69, 9.17) is 11.6 Å². The van der Waals surface area contributed by atoms with Crippen LogP contribution >= 0.6 is 22.9 Å². The summed E-state index contributed by atoms with van der Waals surface area (Å²) >= 11 is 7.27. The van der Waals surface area contributed by atoms with Crippen molar-refractivity contribution in [3.05, 3.63) is 74.7 Å². The maximum atomic E-state index is 14.5. The summed E-state index contributed by atoms with van der Waals surface area (Å²) in [4.78, 5) is 24.9. The molecule has 1 amide bonds. The van der Waals surface area contributed by atoms with Crippen LogP contribution < -0.4 is 5.32 Å². The van der Waals surface area contributed by atoms with Crippen LogP contribution in [-0.4, -0.2) is 17.0 Å². The van der Waals surface area contributed by atoms with Gasteiger partial charge in [0.1, 0.15) is 10.7 Å². The van der Waals surface area contributed by atoms with Crippen molar-refractivity contribution in [1.29, 1.82) is 0 Å². The molecule has 0 spiro atoms. The minimum Gasteiger partial charge on any atom is -0.477 e. The Morgan fingerprint density at radius 2 is 1.93 bits per heavy atom. The van der Waals surface area contributed by atoms with Gasteiger partial charge in [0.15, 0.2) is 0 Å². The highest BCUT2D eigenvalue weighted by atomic mass is 35.5. The number of nitrogens with one attached hydrogen (secondary N) is 1. The van der Waals surface area contributed by atoms with Crippen LogP contribution in [-0.2, 0) is 4.79 Å². The van der Waals surface area contributed by atoms with Crippen molar-refractivity contribution in [2.45, 2.75) is 12.3 Å². The van der Waals surface area contributed by atoms with Gasteiger partial charge in [0, 0.05) is 33.4 Å². The highest BCUT2D eigenvalue weighted by Crippen LogP contribution is 2.50. The summed E-state index contributed by atoms with van der Waals surface area (Å²) in [6, 6.07) is 13.3. The highest BCUT2D eigenvalue weighted by molar-refractivity contribution is 7.15. The first-order valence-corrected chi connectivity index (χ1v) is 9.36. The van der Waals surface area contributed by atoms with Crippen LogP contribution in [0.25, 0.3) is 11.1 Å². The summed E-state index contributed by atoms with van der Waals surface area (Å²) in [6.45, 7) is 0. The topological polar surface area (TPSA) is 66.4 Å². The molecule has 0 bridgehead atoms. The molecule has 1 aromatic heterocycles. The van der Waals surface area contributed by atoms with Crippen molar-refractivity contribution in [3.63, 3.8) is 0 Å². The van der Waals surface area contributed by atoms with E-state index in [1.165, 1.54) is 12.1 Å². The molecule has 0 saturated carbocycles. The second kappa shape index (κ2) is 6.79. The van der Waals surface area contributed by atoms with E-state index in [1.807, 2.05) is 6.07 Å². The fourth-order valence-corrected chi connectivity index (χ4v) is 4.92. The lowest BCUT2D eigenvalue weighted by Gasteiger charge is -2.24. The molecule has 136 valence electrons. The summed E-state index contributed by atoms with van der Waals surface area (Å²) < 4.78 is 14.5. The van der Waals surface area contributed by atoms with Gasteiger partial charge in [-0.25, -0.2) is 9.18 Å². The molecule has 0 fully saturated rings. The maximum Gasteiger partial charge on any atom is 0.346 e. The molecule has 4 rings (SSSR count). The molecule has 2 heterocycles. The molecule has 27 heavy (non-hydrogen) atoms. The lowest BCUT2D eigenvalue weighted by atomic mass is 9.88. The number of anilines is 1. The number of fused-ring (bicyclic) bond motifs is 1. The van der Waals surface area contributed by atoms with Gasteiger partial charge in [0.2, 0.25) is 5.91 Å². The average Bonchev–Trinajstić information content (AvgIpc) is 3.02. The first kappa shape index (κ1) is 17.7. The zero-order chi connectivity index (χ0) is 19.1. The fraction of sp³-hybridized carbons (Fsp3) is 0.100. The number of amides is 1. The van der Waals surface area contributed by atoms with Gasteiger partial charge >= 0.3 is 5.97 Å². The number of hydrogen-bond donors (Lipinski definition) is 2. The normalized spacial score (nSPS) is 15.9. The van der Waals surface area contributed by atoms with Gasteiger partial charge in [-0.2, -0.15) is 0 Å². The molecule has 2 aromatic carbocycles. The molecule has 0 unspecified atom stereocenters. The number of carbonyl (C=O) groups excluding carboxylic acids is 1. The number of carboxylic acid groups (broad SMARTS) is 1. The van der Waals surface area contributed by atoms with Crippen LogP contribution in [0, 0.1) is 5.82 Å². The zero-order valence-electron chi connectivity index (χ0n) is 13.8. The number of carboxylic acids is 1. The third-order valence-electron chi connectivity index (χ3n) is 4.51. The van der Waals surface area contributed by atoms with Crippen molar-refractivity contribution in [2.24, 2.45) is 0 Å². The molecular weight excluding hydrogens is 389 g/mol. The Kier molecular flexibility index (Phi) is 4.45. The highest BCUT2D eigenvalue weighted by Gasteiger charge is 2.36. The summed E-state index contributed by atoms with van der Waals surface area (Å²) in [5, 5.41) is 12.7. The minimum atomic E-state index is -1.10. The average molecular weight is 402 g/mol. The minimum absolute atomic E-state index is 0.00144. The Hall–Kier alpha value is -2.70.